The van der Waals surface area contributed by atoms with Crippen LogP contribution in [0.15, 0.2) is 18.2 Å². The third-order valence-electron chi connectivity index (χ3n) is 2.86. The van der Waals surface area contributed by atoms with E-state index in [1.165, 1.54) is 0 Å². The molecule has 4 nitrogen and oxygen atoms in total. The molecule has 0 N–H and O–H groups in total. The molecule has 5 heteroatoms. The molecule has 0 saturated heterocycles. The molecule has 0 aliphatic heterocycles. The van der Waals surface area contributed by atoms with Crippen molar-refractivity contribution in [2.75, 3.05) is 20.7 Å². The van der Waals surface area contributed by atoms with Crippen molar-refractivity contribution in [1.82, 2.24) is 9.88 Å². The fraction of sp³-hybridized carbons (Fsp3) is 0.429. The molecule has 0 aliphatic rings. The van der Waals surface area contributed by atoms with Gasteiger partial charge >= 0.3 is 5.97 Å². The van der Waals surface area contributed by atoms with Crippen LogP contribution in [0.4, 0.5) is 0 Å². The number of hydrogen-bond acceptors (Lipinski definition) is 5. The molecule has 1 atom stereocenters. The van der Waals surface area contributed by atoms with Crippen LogP contribution in [0.3, 0.4) is 0 Å². The van der Waals surface area contributed by atoms with Gasteiger partial charge in [-0.2, -0.15) is 0 Å². The first-order chi connectivity index (χ1) is 9.02. The standard InChI is InChI=1S/C14H18N2O2S/c1-5-18-14(17)13(16(3)4)10-6-7-12-11(8-10)15-9(2)19-12/h6-8,13H,5H2,1-4H3. The summed E-state index contributed by atoms with van der Waals surface area (Å²) in [6.07, 6.45) is 0. The van der Waals surface area contributed by atoms with E-state index in [0.717, 1.165) is 20.8 Å². The van der Waals surface area contributed by atoms with Crippen molar-refractivity contribution in [2.24, 2.45) is 0 Å². The summed E-state index contributed by atoms with van der Waals surface area (Å²) < 4.78 is 6.28. The molecule has 0 saturated carbocycles. The SMILES string of the molecule is CCOC(=O)C(c1ccc2sc(C)nc2c1)N(C)C. The Morgan fingerprint density at radius 2 is 2.21 bits per heavy atom. The zero-order valence-corrected chi connectivity index (χ0v) is 12.5. The van der Waals surface area contributed by atoms with Gasteiger partial charge in [-0.25, -0.2) is 9.78 Å². The number of carbonyl (C=O) groups is 1. The summed E-state index contributed by atoms with van der Waals surface area (Å²) in [6.45, 7) is 4.19. The minimum Gasteiger partial charge on any atom is -0.465 e. The Morgan fingerprint density at radius 3 is 2.84 bits per heavy atom. The average Bonchev–Trinajstić information content (AvgIpc) is 2.68. The third-order valence-corrected chi connectivity index (χ3v) is 3.81. The summed E-state index contributed by atoms with van der Waals surface area (Å²) in [5, 5.41) is 1.03. The van der Waals surface area contributed by atoms with Crippen LogP contribution in [-0.2, 0) is 9.53 Å². The Hall–Kier alpha value is -1.46. The lowest BCUT2D eigenvalue weighted by molar-refractivity contribution is -0.148. The van der Waals surface area contributed by atoms with Gasteiger partial charge in [-0.3, -0.25) is 4.90 Å². The molecule has 2 rings (SSSR count). The van der Waals surface area contributed by atoms with E-state index < -0.39 is 0 Å². The summed E-state index contributed by atoms with van der Waals surface area (Å²) in [7, 11) is 3.75. The van der Waals surface area contributed by atoms with Gasteiger partial charge in [-0.05, 0) is 45.6 Å². The van der Waals surface area contributed by atoms with Crippen molar-refractivity contribution in [3.05, 3.63) is 28.8 Å². The summed E-state index contributed by atoms with van der Waals surface area (Å²) in [5.41, 5.74) is 1.86. The van der Waals surface area contributed by atoms with Crippen molar-refractivity contribution >= 4 is 27.5 Å². The molecular weight excluding hydrogens is 260 g/mol. The fourth-order valence-corrected chi connectivity index (χ4v) is 2.90. The number of thiazole rings is 1. The molecule has 0 radical (unpaired) electrons. The summed E-state index contributed by atoms with van der Waals surface area (Å²) in [6, 6.07) is 5.58. The molecule has 102 valence electrons. The van der Waals surface area contributed by atoms with Crippen LogP contribution in [0.1, 0.15) is 23.5 Å². The van der Waals surface area contributed by atoms with Gasteiger partial charge in [0.15, 0.2) is 0 Å². The summed E-state index contributed by atoms with van der Waals surface area (Å²) in [5.74, 6) is -0.223. The van der Waals surface area contributed by atoms with E-state index in [2.05, 4.69) is 4.98 Å². The first-order valence-corrected chi connectivity index (χ1v) is 7.04. The van der Waals surface area contributed by atoms with Crippen LogP contribution in [0.5, 0.6) is 0 Å². The monoisotopic (exact) mass is 278 g/mol. The maximum absolute atomic E-state index is 12.0. The summed E-state index contributed by atoms with van der Waals surface area (Å²) >= 11 is 1.66. The normalized spacial score (nSPS) is 12.9. The number of hydrogen-bond donors (Lipinski definition) is 0. The molecule has 1 aromatic heterocycles. The van der Waals surface area contributed by atoms with Crippen LogP contribution in [0, 0.1) is 6.92 Å². The van der Waals surface area contributed by atoms with E-state index in [0.29, 0.717) is 6.61 Å². The van der Waals surface area contributed by atoms with Gasteiger partial charge in [0.2, 0.25) is 0 Å². The lowest BCUT2D eigenvalue weighted by Crippen LogP contribution is -2.29. The fourth-order valence-electron chi connectivity index (χ4n) is 2.10. The Labute approximate surface area is 117 Å². The van der Waals surface area contributed by atoms with Crippen LogP contribution in [-0.4, -0.2) is 36.6 Å². The molecule has 1 aromatic carbocycles. The lowest BCUT2D eigenvalue weighted by Gasteiger charge is -2.22. The molecule has 2 aromatic rings. The summed E-state index contributed by atoms with van der Waals surface area (Å²) in [4.78, 5) is 18.4. The number of benzene rings is 1. The van der Waals surface area contributed by atoms with Crippen molar-refractivity contribution < 1.29 is 9.53 Å². The lowest BCUT2D eigenvalue weighted by atomic mass is 10.1. The van der Waals surface area contributed by atoms with E-state index in [9.17, 15) is 4.79 Å². The van der Waals surface area contributed by atoms with E-state index in [-0.39, 0.29) is 12.0 Å². The van der Waals surface area contributed by atoms with E-state index in [4.69, 9.17) is 4.74 Å². The molecule has 1 heterocycles. The van der Waals surface area contributed by atoms with Crippen molar-refractivity contribution in [3.8, 4) is 0 Å². The number of esters is 1. The van der Waals surface area contributed by atoms with Crippen molar-refractivity contribution in [2.45, 2.75) is 19.9 Å². The van der Waals surface area contributed by atoms with Gasteiger partial charge in [0.05, 0.1) is 21.8 Å². The Kier molecular flexibility index (Phi) is 4.17. The quantitative estimate of drug-likeness (QED) is 0.807. The number of fused-ring (bicyclic) bond motifs is 1. The average molecular weight is 278 g/mol. The van der Waals surface area contributed by atoms with Gasteiger partial charge in [0, 0.05) is 0 Å². The second-order valence-corrected chi connectivity index (χ2v) is 5.81. The van der Waals surface area contributed by atoms with Crippen molar-refractivity contribution in [1.29, 1.82) is 0 Å². The smallest absolute Gasteiger partial charge is 0.327 e. The number of aryl methyl sites for hydroxylation is 1. The minimum absolute atomic E-state index is 0.223. The van der Waals surface area contributed by atoms with Gasteiger partial charge < -0.3 is 4.74 Å². The van der Waals surface area contributed by atoms with Gasteiger partial charge in [-0.1, -0.05) is 6.07 Å². The third kappa shape index (κ3) is 2.93. The van der Waals surface area contributed by atoms with Crippen LogP contribution < -0.4 is 0 Å². The van der Waals surface area contributed by atoms with Gasteiger partial charge in [0.25, 0.3) is 0 Å². The highest BCUT2D eigenvalue weighted by molar-refractivity contribution is 7.18. The second-order valence-electron chi connectivity index (χ2n) is 4.58. The molecule has 0 aliphatic carbocycles. The number of likely N-dealkylation sites (N-methyl/N-ethyl adjacent to an activating group) is 1. The van der Waals surface area contributed by atoms with Crippen LogP contribution >= 0.6 is 11.3 Å². The minimum atomic E-state index is -0.383. The zero-order chi connectivity index (χ0) is 14.0. The number of nitrogens with zero attached hydrogens (tertiary/aromatic N) is 2. The van der Waals surface area contributed by atoms with Gasteiger partial charge in [0.1, 0.15) is 6.04 Å². The number of aromatic nitrogens is 1. The maximum atomic E-state index is 12.0. The van der Waals surface area contributed by atoms with Gasteiger partial charge in [-0.15, -0.1) is 11.3 Å². The maximum Gasteiger partial charge on any atom is 0.327 e. The van der Waals surface area contributed by atoms with Crippen molar-refractivity contribution in [3.63, 3.8) is 0 Å². The van der Waals surface area contributed by atoms with E-state index in [1.54, 1.807) is 11.3 Å². The largest absolute Gasteiger partial charge is 0.465 e. The van der Waals surface area contributed by atoms with E-state index in [1.807, 2.05) is 51.0 Å². The number of ether oxygens (including phenoxy) is 1. The molecular formula is C14H18N2O2S. The molecule has 0 spiro atoms. The number of carbonyl (C=O) groups excluding carboxylic acids is 1. The highest BCUT2D eigenvalue weighted by Crippen LogP contribution is 2.27. The first-order valence-electron chi connectivity index (χ1n) is 6.23. The Bertz CT molecular complexity index is 592. The topological polar surface area (TPSA) is 42.4 Å². The predicted molar refractivity (Wildman–Crippen MR) is 77.4 cm³/mol. The van der Waals surface area contributed by atoms with E-state index >= 15 is 0 Å². The first kappa shape index (κ1) is 14.0. The molecule has 19 heavy (non-hydrogen) atoms. The Balaban J connectivity index is 2.41. The highest BCUT2D eigenvalue weighted by Gasteiger charge is 2.24. The molecule has 0 amide bonds. The van der Waals surface area contributed by atoms with Crippen LogP contribution in [0.2, 0.25) is 0 Å². The highest BCUT2D eigenvalue weighted by atomic mass is 32.1. The predicted octanol–water partition coefficient (Wildman–Crippen LogP) is 2.77. The van der Waals surface area contributed by atoms with Crippen LogP contribution in [0.25, 0.3) is 10.2 Å². The molecule has 0 fully saturated rings. The Morgan fingerprint density at radius 1 is 1.47 bits per heavy atom. The number of rotatable bonds is 4. The second kappa shape index (κ2) is 5.67. The molecule has 0 bridgehead atoms. The molecule has 1 unspecified atom stereocenters. The zero-order valence-electron chi connectivity index (χ0n) is 11.6.